The van der Waals surface area contributed by atoms with Crippen molar-refractivity contribution in [3.8, 4) is 5.75 Å². The normalized spacial score (nSPS) is 9.91. The van der Waals surface area contributed by atoms with E-state index in [1.165, 1.54) is 18.2 Å². The summed E-state index contributed by atoms with van der Waals surface area (Å²) in [7, 11) is 0. The second-order valence-electron chi connectivity index (χ2n) is 4.59. The largest absolute Gasteiger partial charge is 0.484 e. The molecule has 0 aliphatic carbocycles. The summed E-state index contributed by atoms with van der Waals surface area (Å²) in [5.74, 6) is -0.680. The fourth-order valence-electron chi connectivity index (χ4n) is 1.73. The fourth-order valence-corrected chi connectivity index (χ4v) is 1.73. The first kappa shape index (κ1) is 15.5. The van der Waals surface area contributed by atoms with Crippen LogP contribution in [0.2, 0.25) is 0 Å². The van der Waals surface area contributed by atoms with Crippen LogP contribution in [0.15, 0.2) is 48.5 Å². The van der Waals surface area contributed by atoms with Crippen molar-refractivity contribution in [1.29, 1.82) is 0 Å². The number of benzene rings is 2. The lowest BCUT2D eigenvalue weighted by Crippen LogP contribution is -2.37. The Morgan fingerprint density at radius 3 is 2.64 bits per heavy atom. The van der Waals surface area contributed by atoms with E-state index in [0.29, 0.717) is 5.75 Å². The van der Waals surface area contributed by atoms with E-state index in [0.717, 1.165) is 5.56 Å². The van der Waals surface area contributed by atoms with E-state index in [2.05, 4.69) is 10.6 Å². The average molecular weight is 302 g/mol. The number of halogens is 1. The van der Waals surface area contributed by atoms with Gasteiger partial charge < -0.3 is 10.1 Å². The predicted octanol–water partition coefficient (Wildman–Crippen LogP) is 2.86. The van der Waals surface area contributed by atoms with Gasteiger partial charge in [0.15, 0.2) is 6.61 Å². The van der Waals surface area contributed by atoms with Crippen molar-refractivity contribution in [2.75, 3.05) is 11.9 Å². The minimum atomic E-state index is -0.817. The Labute approximate surface area is 127 Å². The van der Waals surface area contributed by atoms with Gasteiger partial charge in [0, 0.05) is 0 Å². The molecule has 0 fully saturated rings. The number of amides is 3. The summed E-state index contributed by atoms with van der Waals surface area (Å²) in [6.45, 7) is 1.59. The number of carbonyl (C=O) groups excluding carboxylic acids is 2. The predicted molar refractivity (Wildman–Crippen MR) is 80.2 cm³/mol. The molecule has 2 N–H and O–H groups in total. The monoisotopic (exact) mass is 302 g/mol. The first-order valence-corrected chi connectivity index (χ1v) is 6.59. The van der Waals surface area contributed by atoms with Gasteiger partial charge in [0.2, 0.25) is 0 Å². The lowest BCUT2D eigenvalue weighted by Gasteiger charge is -2.09. The molecule has 0 spiro atoms. The number of hydrogen-bond donors (Lipinski definition) is 2. The standard InChI is InChI=1S/C16H15FN2O3/c1-11-5-4-6-12(9-11)22-10-15(20)19-16(21)18-14-8-3-2-7-13(14)17/h2-9H,10H2,1H3,(H2,18,19,20,21). The molecule has 0 aliphatic heterocycles. The number of hydrogen-bond acceptors (Lipinski definition) is 3. The van der Waals surface area contributed by atoms with E-state index in [1.807, 2.05) is 13.0 Å². The molecule has 2 aromatic carbocycles. The van der Waals surface area contributed by atoms with Gasteiger partial charge in [-0.3, -0.25) is 10.1 Å². The molecule has 0 saturated heterocycles. The molecule has 0 bridgehead atoms. The van der Waals surface area contributed by atoms with Crippen LogP contribution in [0.25, 0.3) is 0 Å². The van der Waals surface area contributed by atoms with E-state index in [9.17, 15) is 14.0 Å². The van der Waals surface area contributed by atoms with Crippen molar-refractivity contribution in [2.45, 2.75) is 6.92 Å². The number of carbonyl (C=O) groups is 2. The number of anilines is 1. The number of ether oxygens (including phenoxy) is 1. The van der Waals surface area contributed by atoms with Crippen LogP contribution in [0.1, 0.15) is 5.56 Å². The maximum Gasteiger partial charge on any atom is 0.326 e. The summed E-state index contributed by atoms with van der Waals surface area (Å²) in [6.07, 6.45) is 0. The molecule has 114 valence electrons. The van der Waals surface area contributed by atoms with E-state index in [4.69, 9.17) is 4.74 Å². The second-order valence-corrected chi connectivity index (χ2v) is 4.59. The van der Waals surface area contributed by atoms with Crippen LogP contribution >= 0.6 is 0 Å². The maximum atomic E-state index is 13.3. The topological polar surface area (TPSA) is 67.4 Å². The third-order valence-corrected chi connectivity index (χ3v) is 2.73. The Hall–Kier alpha value is -2.89. The van der Waals surface area contributed by atoms with Gasteiger partial charge in [-0.05, 0) is 36.8 Å². The zero-order chi connectivity index (χ0) is 15.9. The Morgan fingerprint density at radius 1 is 1.14 bits per heavy atom. The molecule has 22 heavy (non-hydrogen) atoms. The first-order chi connectivity index (χ1) is 10.5. The molecular formula is C16H15FN2O3. The highest BCUT2D eigenvalue weighted by Crippen LogP contribution is 2.13. The SMILES string of the molecule is Cc1cccc(OCC(=O)NC(=O)Nc2ccccc2F)c1. The van der Waals surface area contributed by atoms with Gasteiger partial charge in [-0.1, -0.05) is 24.3 Å². The van der Waals surface area contributed by atoms with Crippen molar-refractivity contribution in [3.05, 3.63) is 59.9 Å². The number of nitrogens with one attached hydrogen (secondary N) is 2. The minimum Gasteiger partial charge on any atom is -0.484 e. The Morgan fingerprint density at radius 2 is 1.91 bits per heavy atom. The molecule has 5 nitrogen and oxygen atoms in total. The van der Waals surface area contributed by atoms with Gasteiger partial charge in [0.25, 0.3) is 5.91 Å². The molecule has 0 radical (unpaired) electrons. The highest BCUT2D eigenvalue weighted by atomic mass is 19.1. The first-order valence-electron chi connectivity index (χ1n) is 6.59. The third kappa shape index (κ3) is 4.59. The summed E-state index contributed by atoms with van der Waals surface area (Å²) < 4.78 is 18.6. The maximum absolute atomic E-state index is 13.3. The second kappa shape index (κ2) is 7.21. The van der Waals surface area contributed by atoms with E-state index >= 15 is 0 Å². The van der Waals surface area contributed by atoms with Crippen molar-refractivity contribution in [1.82, 2.24) is 5.32 Å². The van der Waals surface area contributed by atoms with Gasteiger partial charge in [-0.15, -0.1) is 0 Å². The number of para-hydroxylation sites is 1. The van der Waals surface area contributed by atoms with Crippen LogP contribution in [0, 0.1) is 12.7 Å². The van der Waals surface area contributed by atoms with Crippen LogP contribution in [0.5, 0.6) is 5.75 Å². The average Bonchev–Trinajstić information content (AvgIpc) is 2.47. The molecule has 0 unspecified atom stereocenters. The summed E-state index contributed by atoms with van der Waals surface area (Å²) >= 11 is 0. The molecule has 2 aromatic rings. The van der Waals surface area contributed by atoms with E-state index in [1.54, 1.807) is 24.3 Å². The van der Waals surface area contributed by atoms with Crippen molar-refractivity contribution >= 4 is 17.6 Å². The quantitative estimate of drug-likeness (QED) is 0.912. The van der Waals surface area contributed by atoms with Gasteiger partial charge in [0.05, 0.1) is 5.69 Å². The molecule has 2 rings (SSSR count). The zero-order valence-corrected chi connectivity index (χ0v) is 11.9. The van der Waals surface area contributed by atoms with Gasteiger partial charge in [0.1, 0.15) is 11.6 Å². The summed E-state index contributed by atoms with van der Waals surface area (Å²) in [4.78, 5) is 23.2. The Kier molecular flexibility index (Phi) is 5.08. The highest BCUT2D eigenvalue weighted by Gasteiger charge is 2.10. The number of urea groups is 1. The van der Waals surface area contributed by atoms with Crippen molar-refractivity contribution < 1.29 is 18.7 Å². The van der Waals surface area contributed by atoms with Crippen LogP contribution in [-0.4, -0.2) is 18.5 Å². The van der Waals surface area contributed by atoms with Crippen LogP contribution in [-0.2, 0) is 4.79 Å². The highest BCUT2D eigenvalue weighted by molar-refractivity contribution is 6.01. The molecule has 0 heterocycles. The lowest BCUT2D eigenvalue weighted by molar-refractivity contribution is -0.121. The Bertz CT molecular complexity index is 689. The van der Waals surface area contributed by atoms with Gasteiger partial charge >= 0.3 is 6.03 Å². The van der Waals surface area contributed by atoms with E-state index < -0.39 is 17.8 Å². The zero-order valence-electron chi connectivity index (χ0n) is 11.9. The van der Waals surface area contributed by atoms with Crippen LogP contribution < -0.4 is 15.4 Å². The molecule has 6 heteroatoms. The van der Waals surface area contributed by atoms with Gasteiger partial charge in [-0.25, -0.2) is 9.18 Å². The van der Waals surface area contributed by atoms with E-state index in [-0.39, 0.29) is 12.3 Å². The van der Waals surface area contributed by atoms with Crippen LogP contribution in [0.4, 0.5) is 14.9 Å². The summed E-state index contributed by atoms with van der Waals surface area (Å²) in [6, 6.07) is 12.0. The number of aryl methyl sites for hydroxylation is 1. The minimum absolute atomic E-state index is 0.00703. The third-order valence-electron chi connectivity index (χ3n) is 2.73. The van der Waals surface area contributed by atoms with Crippen LogP contribution in [0.3, 0.4) is 0 Å². The molecule has 0 saturated carbocycles. The Balaban J connectivity index is 1.82. The molecule has 3 amide bonds. The molecule has 0 atom stereocenters. The fraction of sp³-hybridized carbons (Fsp3) is 0.125. The van der Waals surface area contributed by atoms with Crippen molar-refractivity contribution in [2.24, 2.45) is 0 Å². The van der Waals surface area contributed by atoms with Gasteiger partial charge in [-0.2, -0.15) is 0 Å². The van der Waals surface area contributed by atoms with Crippen molar-refractivity contribution in [3.63, 3.8) is 0 Å². The number of imide groups is 1. The smallest absolute Gasteiger partial charge is 0.326 e. The molecular weight excluding hydrogens is 287 g/mol. The summed E-state index contributed by atoms with van der Waals surface area (Å²) in [5.41, 5.74) is 0.989. The lowest BCUT2D eigenvalue weighted by atomic mass is 10.2. The number of rotatable bonds is 4. The summed E-state index contributed by atoms with van der Waals surface area (Å²) in [5, 5.41) is 4.31. The molecule has 0 aromatic heterocycles. The molecule has 0 aliphatic rings.